The van der Waals surface area contributed by atoms with E-state index >= 15 is 0 Å². The van der Waals surface area contributed by atoms with Crippen molar-refractivity contribution < 1.29 is 17.9 Å². The van der Waals surface area contributed by atoms with Crippen LogP contribution >= 0.6 is 0 Å². The standard InChI is InChI=1S/C20H32N2O4S/c1-25-18-10-9-17(15-19(18)26-2)27(23,24)21-16-20(11-5-3-6-12-20)22-13-7-4-8-14-22/h9-10,15,21H,3-8,11-14,16H2,1-2H3. The van der Waals surface area contributed by atoms with Crippen LogP contribution in [0.3, 0.4) is 0 Å². The molecule has 2 aliphatic rings. The summed E-state index contributed by atoms with van der Waals surface area (Å²) < 4.78 is 39.3. The van der Waals surface area contributed by atoms with Gasteiger partial charge in [-0.1, -0.05) is 25.7 Å². The van der Waals surface area contributed by atoms with Crippen LogP contribution in [0.5, 0.6) is 11.5 Å². The molecule has 1 saturated heterocycles. The maximum absolute atomic E-state index is 12.9. The molecule has 1 heterocycles. The average molecular weight is 397 g/mol. The van der Waals surface area contributed by atoms with E-state index in [4.69, 9.17) is 9.47 Å². The SMILES string of the molecule is COc1ccc(S(=O)(=O)NCC2(N3CCCCC3)CCCCC2)cc1OC. The first-order valence-corrected chi connectivity index (χ1v) is 11.5. The Balaban J connectivity index is 1.77. The van der Waals surface area contributed by atoms with E-state index < -0.39 is 10.0 Å². The van der Waals surface area contributed by atoms with Gasteiger partial charge in [-0.2, -0.15) is 0 Å². The fourth-order valence-electron chi connectivity index (χ4n) is 4.48. The normalized spacial score (nSPS) is 21.0. The second-order valence-electron chi connectivity index (χ2n) is 7.67. The summed E-state index contributed by atoms with van der Waals surface area (Å²) >= 11 is 0. The molecular weight excluding hydrogens is 364 g/mol. The highest BCUT2D eigenvalue weighted by Crippen LogP contribution is 2.36. The lowest BCUT2D eigenvalue weighted by molar-refractivity contribution is 0.0376. The van der Waals surface area contributed by atoms with Crippen molar-refractivity contribution in [3.8, 4) is 11.5 Å². The minimum atomic E-state index is -3.61. The van der Waals surface area contributed by atoms with E-state index in [0.717, 1.165) is 25.9 Å². The molecule has 27 heavy (non-hydrogen) atoms. The number of methoxy groups -OCH3 is 2. The lowest BCUT2D eigenvalue weighted by atomic mass is 9.79. The van der Waals surface area contributed by atoms with Gasteiger partial charge < -0.3 is 9.47 Å². The molecule has 0 radical (unpaired) electrons. The molecule has 1 aromatic carbocycles. The molecule has 1 aliphatic carbocycles. The maximum Gasteiger partial charge on any atom is 0.240 e. The molecule has 6 nitrogen and oxygen atoms in total. The predicted octanol–water partition coefficient (Wildman–Crippen LogP) is 3.17. The summed E-state index contributed by atoms with van der Waals surface area (Å²) in [5.41, 5.74) is -0.0394. The van der Waals surface area contributed by atoms with E-state index in [0.29, 0.717) is 18.0 Å². The Morgan fingerprint density at radius 1 is 0.963 bits per heavy atom. The van der Waals surface area contributed by atoms with Gasteiger partial charge in [-0.05, 0) is 50.9 Å². The largest absolute Gasteiger partial charge is 0.493 e. The number of piperidine rings is 1. The van der Waals surface area contributed by atoms with E-state index in [1.165, 1.54) is 58.8 Å². The number of benzene rings is 1. The minimum absolute atomic E-state index is 0.0394. The highest BCUT2D eigenvalue weighted by molar-refractivity contribution is 7.89. The molecule has 0 unspecified atom stereocenters. The lowest BCUT2D eigenvalue weighted by Crippen LogP contribution is -2.58. The third-order valence-corrected chi connectivity index (χ3v) is 7.47. The molecule has 3 rings (SSSR count). The monoisotopic (exact) mass is 396 g/mol. The highest BCUT2D eigenvalue weighted by atomic mass is 32.2. The summed E-state index contributed by atoms with van der Waals surface area (Å²) in [6.45, 7) is 2.64. The van der Waals surface area contributed by atoms with Crippen LogP contribution in [0.4, 0.5) is 0 Å². The van der Waals surface area contributed by atoms with Gasteiger partial charge in [0.15, 0.2) is 11.5 Å². The first-order valence-electron chi connectivity index (χ1n) is 9.97. The van der Waals surface area contributed by atoms with E-state index in [2.05, 4.69) is 9.62 Å². The Morgan fingerprint density at radius 2 is 1.59 bits per heavy atom. The first-order chi connectivity index (χ1) is 13.0. The fraction of sp³-hybridized carbons (Fsp3) is 0.700. The van der Waals surface area contributed by atoms with Crippen molar-refractivity contribution >= 4 is 10.0 Å². The molecule has 1 saturated carbocycles. The van der Waals surface area contributed by atoms with E-state index in [1.807, 2.05) is 0 Å². The molecular formula is C20H32N2O4S. The van der Waals surface area contributed by atoms with Gasteiger partial charge in [0.1, 0.15) is 0 Å². The van der Waals surface area contributed by atoms with Crippen LogP contribution < -0.4 is 14.2 Å². The van der Waals surface area contributed by atoms with Gasteiger partial charge in [-0.25, -0.2) is 13.1 Å². The van der Waals surface area contributed by atoms with Crippen molar-refractivity contribution in [1.82, 2.24) is 9.62 Å². The van der Waals surface area contributed by atoms with Crippen molar-refractivity contribution in [1.29, 1.82) is 0 Å². The molecule has 0 spiro atoms. The zero-order chi connectivity index (χ0) is 19.3. The number of nitrogens with one attached hydrogen (secondary N) is 1. The third-order valence-electron chi connectivity index (χ3n) is 6.07. The first kappa shape index (κ1) is 20.4. The summed E-state index contributed by atoms with van der Waals surface area (Å²) in [6, 6.07) is 4.72. The maximum atomic E-state index is 12.9. The average Bonchev–Trinajstić information content (AvgIpc) is 2.73. The van der Waals surface area contributed by atoms with Gasteiger partial charge >= 0.3 is 0 Å². The molecule has 1 N–H and O–H groups in total. The molecule has 0 bridgehead atoms. The van der Waals surface area contributed by atoms with Crippen molar-refractivity contribution in [2.24, 2.45) is 0 Å². The molecule has 1 aromatic rings. The van der Waals surface area contributed by atoms with E-state index in [-0.39, 0.29) is 10.4 Å². The van der Waals surface area contributed by atoms with Gasteiger partial charge in [0.05, 0.1) is 19.1 Å². The number of ether oxygens (including phenoxy) is 2. The Labute approximate surface area is 163 Å². The van der Waals surface area contributed by atoms with Gasteiger partial charge in [0, 0.05) is 18.2 Å². The van der Waals surface area contributed by atoms with Crippen LogP contribution in [0, 0.1) is 0 Å². The molecule has 2 fully saturated rings. The van der Waals surface area contributed by atoms with Crippen molar-refractivity contribution in [2.45, 2.75) is 61.8 Å². The highest BCUT2D eigenvalue weighted by Gasteiger charge is 2.39. The summed E-state index contributed by atoms with van der Waals surface area (Å²) in [6.07, 6.45) is 9.45. The van der Waals surface area contributed by atoms with Crippen molar-refractivity contribution in [3.63, 3.8) is 0 Å². The lowest BCUT2D eigenvalue weighted by Gasteiger charge is -2.48. The molecule has 0 amide bonds. The topological polar surface area (TPSA) is 67.9 Å². The molecule has 152 valence electrons. The number of sulfonamides is 1. The van der Waals surface area contributed by atoms with Crippen molar-refractivity contribution in [3.05, 3.63) is 18.2 Å². The van der Waals surface area contributed by atoms with Crippen LogP contribution in [0.2, 0.25) is 0 Å². The minimum Gasteiger partial charge on any atom is -0.493 e. The van der Waals surface area contributed by atoms with Crippen LogP contribution in [0.1, 0.15) is 51.4 Å². The molecule has 0 aromatic heterocycles. The van der Waals surface area contributed by atoms with Crippen LogP contribution in [-0.4, -0.2) is 52.7 Å². The zero-order valence-electron chi connectivity index (χ0n) is 16.5. The van der Waals surface area contributed by atoms with E-state index in [9.17, 15) is 8.42 Å². The Kier molecular flexibility index (Phi) is 6.65. The van der Waals surface area contributed by atoms with E-state index in [1.54, 1.807) is 12.1 Å². The van der Waals surface area contributed by atoms with Gasteiger partial charge in [-0.15, -0.1) is 0 Å². The fourth-order valence-corrected chi connectivity index (χ4v) is 5.61. The summed E-state index contributed by atoms with van der Waals surface area (Å²) in [7, 11) is -0.560. The van der Waals surface area contributed by atoms with Crippen molar-refractivity contribution in [2.75, 3.05) is 33.9 Å². The second kappa shape index (κ2) is 8.80. The molecule has 7 heteroatoms. The van der Waals surface area contributed by atoms with Crippen LogP contribution in [-0.2, 0) is 10.0 Å². The smallest absolute Gasteiger partial charge is 0.240 e. The van der Waals surface area contributed by atoms with Crippen LogP contribution in [0.25, 0.3) is 0 Å². The molecule has 1 aliphatic heterocycles. The Hall–Kier alpha value is -1.31. The number of nitrogens with zero attached hydrogens (tertiary/aromatic N) is 1. The Morgan fingerprint density at radius 3 is 2.22 bits per heavy atom. The summed E-state index contributed by atoms with van der Waals surface area (Å²) in [5.74, 6) is 0.942. The molecule has 0 atom stereocenters. The van der Waals surface area contributed by atoms with Gasteiger partial charge in [0.25, 0.3) is 0 Å². The third kappa shape index (κ3) is 4.58. The Bertz CT molecular complexity index is 723. The number of rotatable bonds is 7. The van der Waals surface area contributed by atoms with Gasteiger partial charge in [-0.3, -0.25) is 4.90 Å². The quantitative estimate of drug-likeness (QED) is 0.767. The number of hydrogen-bond donors (Lipinski definition) is 1. The summed E-state index contributed by atoms with van der Waals surface area (Å²) in [4.78, 5) is 2.76. The van der Waals surface area contributed by atoms with Crippen LogP contribution in [0.15, 0.2) is 23.1 Å². The second-order valence-corrected chi connectivity index (χ2v) is 9.44. The van der Waals surface area contributed by atoms with Gasteiger partial charge in [0.2, 0.25) is 10.0 Å². The zero-order valence-corrected chi connectivity index (χ0v) is 17.3. The predicted molar refractivity (Wildman–Crippen MR) is 106 cm³/mol. The number of hydrogen-bond acceptors (Lipinski definition) is 5. The number of likely N-dealkylation sites (tertiary alicyclic amines) is 1. The summed E-state index contributed by atoms with van der Waals surface area (Å²) in [5, 5.41) is 0.